The first-order valence-corrected chi connectivity index (χ1v) is 9.58. The number of hydrogen-bond acceptors (Lipinski definition) is 7. The Balaban J connectivity index is 1.50. The van der Waals surface area contributed by atoms with E-state index in [9.17, 15) is 5.11 Å². The molecule has 3 aromatic rings. The number of nitrogens with one attached hydrogen (secondary N) is 1. The Hall–Kier alpha value is -2.84. The monoisotopic (exact) mass is 381 g/mol. The van der Waals surface area contributed by atoms with Gasteiger partial charge in [0.1, 0.15) is 11.9 Å². The van der Waals surface area contributed by atoms with E-state index in [1.165, 1.54) is 0 Å². The molecule has 1 saturated heterocycles. The first-order chi connectivity index (χ1) is 13.7. The minimum absolute atomic E-state index is 0.163. The zero-order valence-corrected chi connectivity index (χ0v) is 15.7. The molecule has 146 valence electrons. The molecule has 0 radical (unpaired) electrons. The number of ether oxygens (including phenoxy) is 2. The molecule has 0 spiro atoms. The quantitative estimate of drug-likeness (QED) is 0.669. The molecular formula is C20H23N5O3. The molecule has 1 fully saturated rings. The van der Waals surface area contributed by atoms with E-state index in [1.807, 2.05) is 12.3 Å². The molecule has 2 N–H and O–H groups in total. The van der Waals surface area contributed by atoms with Gasteiger partial charge in [0.15, 0.2) is 11.9 Å². The van der Waals surface area contributed by atoms with Crippen molar-refractivity contribution in [3.8, 4) is 5.75 Å². The Bertz CT molecular complexity index is 999. The van der Waals surface area contributed by atoms with Crippen LogP contribution < -0.4 is 15.0 Å². The van der Waals surface area contributed by atoms with Gasteiger partial charge in [0.25, 0.3) is 0 Å². The molecule has 5 rings (SSSR count). The van der Waals surface area contributed by atoms with E-state index in [1.54, 1.807) is 16.9 Å². The maximum Gasteiger partial charge on any atom is 0.162 e. The minimum Gasteiger partial charge on any atom is -0.490 e. The maximum absolute atomic E-state index is 10.9. The molecular weight excluding hydrogens is 358 g/mol. The summed E-state index contributed by atoms with van der Waals surface area (Å²) in [5.74, 6) is 0.923. The van der Waals surface area contributed by atoms with Crippen LogP contribution in [0.25, 0.3) is 5.65 Å². The van der Waals surface area contributed by atoms with Crippen molar-refractivity contribution in [1.29, 1.82) is 0 Å². The summed E-state index contributed by atoms with van der Waals surface area (Å²) >= 11 is 0. The second kappa shape index (κ2) is 6.96. The fourth-order valence-corrected chi connectivity index (χ4v) is 3.90. The van der Waals surface area contributed by atoms with Crippen LogP contribution in [-0.2, 0) is 11.2 Å². The number of anilines is 2. The molecule has 0 saturated carbocycles. The molecule has 0 amide bonds. The fourth-order valence-electron chi connectivity index (χ4n) is 3.90. The lowest BCUT2D eigenvalue weighted by atomic mass is 10.1. The lowest BCUT2D eigenvalue weighted by Crippen LogP contribution is -2.36. The highest BCUT2D eigenvalue weighted by Crippen LogP contribution is 2.40. The number of fused-ring (bicyclic) bond motifs is 2. The van der Waals surface area contributed by atoms with Gasteiger partial charge in [0.2, 0.25) is 0 Å². The van der Waals surface area contributed by atoms with Gasteiger partial charge >= 0.3 is 0 Å². The van der Waals surface area contributed by atoms with Crippen molar-refractivity contribution in [2.24, 2.45) is 0 Å². The summed E-state index contributed by atoms with van der Waals surface area (Å²) in [4.78, 5) is 6.60. The number of nitrogens with zero attached hydrogens (tertiary/aromatic N) is 4. The lowest BCUT2D eigenvalue weighted by molar-refractivity contribution is 0.122. The standard InChI is InChI=1S/C20H23N5O3/c1-13-9-14-10-16(17(11-18(14)28-13)24-5-7-27-8-6-24)23-20(26)15-12-22-25-4-2-3-21-19(15)25/h2-4,10-13,20,23,26H,5-9H2,1H3. The first-order valence-electron chi connectivity index (χ1n) is 9.58. The van der Waals surface area contributed by atoms with Crippen molar-refractivity contribution in [2.45, 2.75) is 25.7 Å². The highest BCUT2D eigenvalue weighted by Gasteiger charge is 2.25. The molecule has 28 heavy (non-hydrogen) atoms. The van der Waals surface area contributed by atoms with Crippen LogP contribution in [0.1, 0.15) is 24.3 Å². The summed E-state index contributed by atoms with van der Waals surface area (Å²) < 4.78 is 13.1. The maximum atomic E-state index is 10.9. The number of morpholine rings is 1. The number of aliphatic hydroxyl groups is 1. The Morgan fingerprint density at radius 3 is 3.00 bits per heavy atom. The number of rotatable bonds is 4. The summed E-state index contributed by atoms with van der Waals surface area (Å²) in [6, 6.07) is 5.97. The number of benzene rings is 1. The van der Waals surface area contributed by atoms with Crippen molar-refractivity contribution in [1.82, 2.24) is 14.6 Å². The van der Waals surface area contributed by atoms with Gasteiger partial charge in [-0.05, 0) is 24.6 Å². The van der Waals surface area contributed by atoms with Gasteiger partial charge in [-0.15, -0.1) is 0 Å². The molecule has 2 aromatic heterocycles. The molecule has 0 aliphatic carbocycles. The summed E-state index contributed by atoms with van der Waals surface area (Å²) in [6.45, 7) is 5.05. The van der Waals surface area contributed by atoms with Crippen molar-refractivity contribution >= 4 is 17.0 Å². The number of aromatic nitrogens is 3. The van der Waals surface area contributed by atoms with Gasteiger partial charge in [0, 0.05) is 38.0 Å². The topological polar surface area (TPSA) is 84.2 Å². The third-order valence-corrected chi connectivity index (χ3v) is 5.26. The van der Waals surface area contributed by atoms with Crippen molar-refractivity contribution in [2.75, 3.05) is 36.5 Å². The Kier molecular flexibility index (Phi) is 4.29. The molecule has 1 aromatic carbocycles. The predicted molar refractivity (Wildman–Crippen MR) is 105 cm³/mol. The van der Waals surface area contributed by atoms with Gasteiger partial charge in [-0.25, -0.2) is 9.50 Å². The van der Waals surface area contributed by atoms with Crippen molar-refractivity contribution < 1.29 is 14.6 Å². The Labute approximate surface area is 162 Å². The van der Waals surface area contributed by atoms with Crippen LogP contribution in [-0.4, -0.2) is 52.1 Å². The van der Waals surface area contributed by atoms with E-state index in [-0.39, 0.29) is 6.10 Å². The Morgan fingerprint density at radius 2 is 2.14 bits per heavy atom. The third kappa shape index (κ3) is 3.04. The van der Waals surface area contributed by atoms with Gasteiger partial charge < -0.3 is 24.8 Å². The highest BCUT2D eigenvalue weighted by molar-refractivity contribution is 5.75. The third-order valence-electron chi connectivity index (χ3n) is 5.26. The van der Waals surface area contributed by atoms with Crippen molar-refractivity contribution in [3.63, 3.8) is 0 Å². The van der Waals surface area contributed by atoms with Crippen molar-refractivity contribution in [3.05, 3.63) is 47.9 Å². The second-order valence-electron chi connectivity index (χ2n) is 7.24. The van der Waals surface area contributed by atoms with Gasteiger partial charge in [-0.3, -0.25) is 0 Å². The second-order valence-corrected chi connectivity index (χ2v) is 7.24. The van der Waals surface area contributed by atoms with Crippen LogP contribution in [0.4, 0.5) is 11.4 Å². The van der Waals surface area contributed by atoms with E-state index in [2.05, 4.69) is 39.4 Å². The Morgan fingerprint density at radius 1 is 1.29 bits per heavy atom. The number of aliphatic hydroxyl groups excluding tert-OH is 1. The van der Waals surface area contributed by atoms with E-state index in [0.717, 1.165) is 42.2 Å². The zero-order chi connectivity index (χ0) is 19.1. The lowest BCUT2D eigenvalue weighted by Gasteiger charge is -2.31. The minimum atomic E-state index is -0.926. The van der Waals surface area contributed by atoms with E-state index in [0.29, 0.717) is 24.4 Å². The largest absolute Gasteiger partial charge is 0.490 e. The molecule has 8 heteroatoms. The zero-order valence-electron chi connectivity index (χ0n) is 15.7. The summed E-state index contributed by atoms with van der Waals surface area (Å²) in [5, 5.41) is 18.4. The summed E-state index contributed by atoms with van der Waals surface area (Å²) in [7, 11) is 0. The van der Waals surface area contributed by atoms with E-state index in [4.69, 9.17) is 9.47 Å². The van der Waals surface area contributed by atoms with Crippen LogP contribution in [0.3, 0.4) is 0 Å². The normalized spacial score (nSPS) is 20.1. The average molecular weight is 381 g/mol. The molecule has 0 bridgehead atoms. The van der Waals surface area contributed by atoms with E-state index < -0.39 is 6.23 Å². The molecule has 8 nitrogen and oxygen atoms in total. The SMILES string of the molecule is CC1Cc2cc(NC(O)c3cnn4cccnc34)c(N3CCOCC3)cc2O1. The van der Waals surface area contributed by atoms with E-state index >= 15 is 0 Å². The predicted octanol–water partition coefficient (Wildman–Crippen LogP) is 1.99. The van der Waals surface area contributed by atoms with Crippen LogP contribution in [0.5, 0.6) is 5.75 Å². The van der Waals surface area contributed by atoms with Crippen LogP contribution in [0.15, 0.2) is 36.8 Å². The molecule has 4 heterocycles. The highest BCUT2D eigenvalue weighted by atomic mass is 16.5. The smallest absolute Gasteiger partial charge is 0.162 e. The van der Waals surface area contributed by atoms with Crippen LogP contribution in [0, 0.1) is 0 Å². The average Bonchev–Trinajstić information content (AvgIpc) is 3.30. The molecule has 2 aliphatic heterocycles. The van der Waals surface area contributed by atoms with Gasteiger partial charge in [0.05, 0.1) is 36.3 Å². The summed E-state index contributed by atoms with van der Waals surface area (Å²) in [6.07, 6.45) is 5.25. The first kappa shape index (κ1) is 17.3. The summed E-state index contributed by atoms with van der Waals surface area (Å²) in [5.41, 5.74) is 4.31. The molecule has 2 unspecified atom stereocenters. The van der Waals surface area contributed by atoms with Crippen LogP contribution in [0.2, 0.25) is 0 Å². The van der Waals surface area contributed by atoms with Gasteiger partial charge in [-0.2, -0.15) is 5.10 Å². The van der Waals surface area contributed by atoms with Crippen LogP contribution >= 0.6 is 0 Å². The fraction of sp³-hybridized carbons (Fsp3) is 0.400. The molecule has 2 aliphatic rings. The van der Waals surface area contributed by atoms with Gasteiger partial charge in [-0.1, -0.05) is 0 Å². The molecule has 2 atom stereocenters. The number of hydrogen-bond donors (Lipinski definition) is 2.